The predicted octanol–water partition coefficient (Wildman–Crippen LogP) is 4.18. The van der Waals surface area contributed by atoms with Gasteiger partial charge in [-0.2, -0.15) is 15.8 Å². The lowest BCUT2D eigenvalue weighted by molar-refractivity contribution is 0.220. The van der Waals surface area contributed by atoms with E-state index in [9.17, 15) is 0 Å². The van der Waals surface area contributed by atoms with Crippen molar-refractivity contribution in [3.8, 4) is 18.2 Å². The van der Waals surface area contributed by atoms with Crippen molar-refractivity contribution < 1.29 is 12.3 Å². The standard InChI is InChI=1S/C15H27N3O3Si3/c1-22(13-7-4-10-16)19-23(2,14-8-5-11-17)21-24(3,20-22)15-9-6-12-18/h4-9,13-15H2,1-3H3. The lowest BCUT2D eigenvalue weighted by Crippen LogP contribution is -2.67. The van der Waals surface area contributed by atoms with Crippen LogP contribution in [0, 0.1) is 34.0 Å². The van der Waals surface area contributed by atoms with Gasteiger partial charge < -0.3 is 12.3 Å². The fourth-order valence-corrected chi connectivity index (χ4v) is 20.7. The molecule has 0 radical (unpaired) electrons. The Morgan fingerprint density at radius 2 is 0.833 bits per heavy atom. The lowest BCUT2D eigenvalue weighted by Gasteiger charge is -2.50. The minimum Gasteiger partial charge on any atom is -0.416 e. The van der Waals surface area contributed by atoms with Gasteiger partial charge in [0.05, 0.1) is 18.2 Å². The van der Waals surface area contributed by atoms with Crippen LogP contribution in [0.3, 0.4) is 0 Å². The number of hydrogen-bond acceptors (Lipinski definition) is 6. The minimum absolute atomic E-state index is 0.509. The summed E-state index contributed by atoms with van der Waals surface area (Å²) in [4.78, 5) is 0. The average molecular weight is 382 g/mol. The Morgan fingerprint density at radius 3 is 1.04 bits per heavy atom. The highest BCUT2D eigenvalue weighted by Crippen LogP contribution is 2.38. The summed E-state index contributed by atoms with van der Waals surface area (Å²) in [6, 6.07) is 8.93. The molecule has 0 aromatic rings. The summed E-state index contributed by atoms with van der Waals surface area (Å²) in [5.74, 6) is 0. The second kappa shape index (κ2) is 9.48. The van der Waals surface area contributed by atoms with Crippen LogP contribution in [0.15, 0.2) is 0 Å². The van der Waals surface area contributed by atoms with Gasteiger partial charge in [-0.05, 0) is 57.0 Å². The van der Waals surface area contributed by atoms with E-state index in [1.165, 1.54) is 0 Å². The van der Waals surface area contributed by atoms with Crippen molar-refractivity contribution in [2.24, 2.45) is 0 Å². The molecule has 1 heterocycles. The van der Waals surface area contributed by atoms with Crippen LogP contribution in [0.1, 0.15) is 38.5 Å². The second-order valence-electron chi connectivity index (χ2n) is 6.74. The smallest absolute Gasteiger partial charge is 0.317 e. The van der Waals surface area contributed by atoms with E-state index in [1.807, 2.05) is 0 Å². The van der Waals surface area contributed by atoms with Crippen molar-refractivity contribution in [3.63, 3.8) is 0 Å². The maximum absolute atomic E-state index is 8.79. The Morgan fingerprint density at radius 1 is 0.583 bits per heavy atom. The molecule has 132 valence electrons. The number of nitriles is 3. The van der Waals surface area contributed by atoms with Crippen LogP contribution in [-0.2, 0) is 12.3 Å². The number of hydrogen-bond donors (Lipinski definition) is 0. The SMILES string of the molecule is C[Si]1(CCCC#N)O[Si](C)(CCCC#N)O[Si](C)(CCCC#N)O1. The first-order valence-electron chi connectivity index (χ1n) is 8.52. The van der Waals surface area contributed by atoms with Gasteiger partial charge in [0.15, 0.2) is 0 Å². The molecule has 1 rings (SSSR count). The highest BCUT2D eigenvalue weighted by atomic mass is 28.5. The summed E-state index contributed by atoms with van der Waals surface area (Å²) in [7, 11) is -7.15. The molecule has 1 aliphatic rings. The zero-order valence-electron chi connectivity index (χ0n) is 14.9. The van der Waals surface area contributed by atoms with E-state index in [0.717, 1.165) is 37.4 Å². The zero-order chi connectivity index (χ0) is 18.1. The van der Waals surface area contributed by atoms with Gasteiger partial charge in [-0.25, -0.2) is 0 Å². The van der Waals surface area contributed by atoms with Gasteiger partial charge in [0.2, 0.25) is 0 Å². The van der Waals surface area contributed by atoms with Gasteiger partial charge >= 0.3 is 25.7 Å². The summed E-state index contributed by atoms with van der Waals surface area (Å²) in [5.41, 5.74) is 0. The predicted molar refractivity (Wildman–Crippen MR) is 97.1 cm³/mol. The molecule has 24 heavy (non-hydrogen) atoms. The molecule has 1 saturated heterocycles. The topological polar surface area (TPSA) is 99.1 Å². The molecule has 0 aromatic heterocycles. The fraction of sp³-hybridized carbons (Fsp3) is 0.800. The zero-order valence-corrected chi connectivity index (χ0v) is 17.9. The van der Waals surface area contributed by atoms with Crippen LogP contribution in [-0.4, -0.2) is 25.7 Å². The molecule has 0 N–H and O–H groups in total. The van der Waals surface area contributed by atoms with Crippen LogP contribution >= 0.6 is 0 Å². The summed E-state index contributed by atoms with van der Waals surface area (Å²) in [5, 5.41) is 26.4. The maximum atomic E-state index is 8.79. The molecule has 1 aliphatic heterocycles. The van der Waals surface area contributed by atoms with Crippen molar-refractivity contribution in [2.75, 3.05) is 0 Å². The normalized spacial score (nSPS) is 32.5. The summed E-state index contributed by atoms with van der Waals surface area (Å²) >= 11 is 0. The van der Waals surface area contributed by atoms with E-state index in [-0.39, 0.29) is 0 Å². The molecule has 0 aliphatic carbocycles. The van der Waals surface area contributed by atoms with Crippen LogP contribution in [0.25, 0.3) is 0 Å². The van der Waals surface area contributed by atoms with Crippen molar-refractivity contribution in [2.45, 2.75) is 76.3 Å². The Hall–Kier alpha value is -0.999. The van der Waals surface area contributed by atoms with Gasteiger partial charge in [-0.15, -0.1) is 0 Å². The van der Waals surface area contributed by atoms with Gasteiger partial charge in [-0.3, -0.25) is 0 Å². The molecule has 0 amide bonds. The van der Waals surface area contributed by atoms with Crippen molar-refractivity contribution in [1.82, 2.24) is 0 Å². The minimum atomic E-state index is -2.38. The third kappa shape index (κ3) is 6.86. The Balaban J connectivity index is 2.87. The monoisotopic (exact) mass is 381 g/mol. The van der Waals surface area contributed by atoms with Crippen molar-refractivity contribution in [1.29, 1.82) is 15.8 Å². The summed E-state index contributed by atoms with van der Waals surface area (Å²) < 4.78 is 19.3. The van der Waals surface area contributed by atoms with Crippen molar-refractivity contribution in [3.05, 3.63) is 0 Å². The van der Waals surface area contributed by atoms with E-state index in [2.05, 4.69) is 37.8 Å². The summed E-state index contributed by atoms with van der Waals surface area (Å²) in [6.45, 7) is 6.24. The fourth-order valence-electron chi connectivity index (χ4n) is 3.20. The van der Waals surface area contributed by atoms with Crippen molar-refractivity contribution >= 4 is 25.7 Å². The quantitative estimate of drug-likeness (QED) is 0.439. The maximum Gasteiger partial charge on any atom is 0.317 e. The van der Waals surface area contributed by atoms with E-state index >= 15 is 0 Å². The number of rotatable bonds is 9. The molecule has 0 aromatic carbocycles. The van der Waals surface area contributed by atoms with Gasteiger partial charge in [-0.1, -0.05) is 0 Å². The molecular formula is C15H27N3O3Si3. The molecular weight excluding hydrogens is 354 g/mol. The van der Waals surface area contributed by atoms with E-state index < -0.39 is 25.7 Å². The van der Waals surface area contributed by atoms with Gasteiger partial charge in [0, 0.05) is 19.3 Å². The molecule has 6 nitrogen and oxygen atoms in total. The average Bonchev–Trinajstić information content (AvgIpc) is 2.46. The molecule has 1 fully saturated rings. The lowest BCUT2D eigenvalue weighted by atomic mass is 10.4. The van der Waals surface area contributed by atoms with Crippen LogP contribution < -0.4 is 0 Å². The van der Waals surface area contributed by atoms with Gasteiger partial charge in [0.25, 0.3) is 0 Å². The molecule has 0 saturated carbocycles. The molecule has 0 bridgehead atoms. The molecule has 0 unspecified atom stereocenters. The first-order valence-corrected chi connectivity index (χ1v) is 16.1. The molecule has 0 spiro atoms. The Kier molecular flexibility index (Phi) is 8.31. The van der Waals surface area contributed by atoms with Crippen LogP contribution in [0.2, 0.25) is 37.8 Å². The third-order valence-electron chi connectivity index (χ3n) is 4.05. The van der Waals surface area contributed by atoms with Crippen LogP contribution in [0.5, 0.6) is 0 Å². The number of unbranched alkanes of at least 4 members (excludes halogenated alkanes) is 3. The van der Waals surface area contributed by atoms with Gasteiger partial charge in [0.1, 0.15) is 0 Å². The Labute approximate surface area is 148 Å². The highest BCUT2D eigenvalue weighted by Gasteiger charge is 2.55. The van der Waals surface area contributed by atoms with E-state index in [1.54, 1.807) is 0 Å². The first-order chi connectivity index (χ1) is 11.3. The Bertz CT molecular complexity index is 457. The highest BCUT2D eigenvalue weighted by molar-refractivity contribution is 6.93. The van der Waals surface area contributed by atoms with E-state index in [4.69, 9.17) is 28.1 Å². The van der Waals surface area contributed by atoms with E-state index in [0.29, 0.717) is 19.3 Å². The van der Waals surface area contributed by atoms with Crippen LogP contribution in [0.4, 0.5) is 0 Å². The largest absolute Gasteiger partial charge is 0.416 e. The second-order valence-corrected chi connectivity index (χ2v) is 17.5. The third-order valence-corrected chi connectivity index (χ3v) is 18.2. The first kappa shape index (κ1) is 21.0. The summed E-state index contributed by atoms with van der Waals surface area (Å²) in [6.07, 6.45) is 3.88. The number of nitrogens with zero attached hydrogens (tertiary/aromatic N) is 3. The molecule has 9 heteroatoms. The molecule has 0 atom stereocenters.